The Hall–Kier alpha value is -0.220. The predicted octanol–water partition coefficient (Wildman–Crippen LogP) is 7.08. The van der Waals surface area contributed by atoms with Crippen molar-refractivity contribution in [3.05, 3.63) is 0 Å². The molecule has 0 atom stereocenters. The van der Waals surface area contributed by atoms with Crippen LogP contribution in [0, 0.1) is 5.41 Å². The van der Waals surface area contributed by atoms with E-state index in [1.54, 1.807) is 0 Å². The van der Waals surface area contributed by atoms with Crippen molar-refractivity contribution < 1.29 is 23.1 Å². The molecular formula is C23H43O5P. The van der Waals surface area contributed by atoms with E-state index in [9.17, 15) is 4.79 Å². The quantitative estimate of drug-likeness (QED) is 0.132. The normalized spacial score (nSPS) is 23.4. The third kappa shape index (κ3) is 11.1. The molecule has 3 aliphatic rings. The smallest absolute Gasteiger partial charge is 0.332 e. The van der Waals surface area contributed by atoms with Gasteiger partial charge in [-0.15, -0.1) is 0 Å². The van der Waals surface area contributed by atoms with Crippen molar-refractivity contribution >= 4 is 14.6 Å². The maximum absolute atomic E-state index is 11.9. The highest BCUT2D eigenvalue weighted by atomic mass is 31.2. The molecule has 3 heterocycles. The molecule has 0 spiro atoms. The summed E-state index contributed by atoms with van der Waals surface area (Å²) in [4.78, 5) is 11.9. The number of ether oxygens (including phenoxy) is 1. The van der Waals surface area contributed by atoms with Crippen molar-refractivity contribution in [2.75, 3.05) is 26.4 Å². The van der Waals surface area contributed by atoms with E-state index in [4.69, 9.17) is 18.3 Å². The number of hydrogen-bond acceptors (Lipinski definition) is 5. The van der Waals surface area contributed by atoms with E-state index in [2.05, 4.69) is 6.92 Å². The van der Waals surface area contributed by atoms with Gasteiger partial charge in [0.15, 0.2) is 0 Å². The largest absolute Gasteiger partial charge is 0.465 e. The van der Waals surface area contributed by atoms with Crippen LogP contribution in [0.3, 0.4) is 0 Å². The van der Waals surface area contributed by atoms with Gasteiger partial charge in [-0.2, -0.15) is 0 Å². The average molecular weight is 431 g/mol. The lowest BCUT2D eigenvalue weighted by molar-refractivity contribution is -0.157. The highest BCUT2D eigenvalue weighted by Crippen LogP contribution is 2.53. The van der Waals surface area contributed by atoms with Gasteiger partial charge in [0.25, 0.3) is 0 Å². The summed E-state index contributed by atoms with van der Waals surface area (Å²) in [6.07, 6.45) is 20.5. The second-order valence-corrected chi connectivity index (χ2v) is 10.1. The van der Waals surface area contributed by atoms with Crippen LogP contribution in [0.2, 0.25) is 0 Å². The summed E-state index contributed by atoms with van der Waals surface area (Å²) in [6, 6.07) is 0. The van der Waals surface area contributed by atoms with Gasteiger partial charge in [0.2, 0.25) is 0 Å². The number of carbonyl (C=O) groups is 1. The van der Waals surface area contributed by atoms with Crippen LogP contribution in [0.15, 0.2) is 0 Å². The van der Waals surface area contributed by atoms with Gasteiger partial charge in [0.05, 0.1) is 25.2 Å². The Kier molecular flexibility index (Phi) is 13.4. The maximum atomic E-state index is 11.9. The highest BCUT2D eigenvalue weighted by molar-refractivity contribution is 7.41. The number of unbranched alkanes of at least 4 members (excludes halogenated alkanes) is 14. The van der Waals surface area contributed by atoms with Crippen LogP contribution in [0.25, 0.3) is 0 Å². The van der Waals surface area contributed by atoms with Crippen LogP contribution in [-0.2, 0) is 23.1 Å². The minimum Gasteiger partial charge on any atom is -0.465 e. The molecule has 3 fully saturated rings. The minimum atomic E-state index is -1.13. The van der Waals surface area contributed by atoms with Gasteiger partial charge in [-0.25, -0.2) is 0 Å². The number of hydrogen-bond donors (Lipinski definition) is 0. The van der Waals surface area contributed by atoms with Crippen molar-refractivity contribution in [2.24, 2.45) is 5.41 Å². The molecule has 0 aromatic rings. The number of carbonyl (C=O) groups excluding carboxylic acids is 1. The number of fused-ring (bicyclic) bond motifs is 3. The van der Waals surface area contributed by atoms with E-state index in [0.717, 1.165) is 12.8 Å². The Morgan fingerprint density at radius 1 is 0.724 bits per heavy atom. The maximum Gasteiger partial charge on any atom is 0.332 e. The van der Waals surface area contributed by atoms with Crippen LogP contribution in [0.1, 0.15) is 110 Å². The van der Waals surface area contributed by atoms with Gasteiger partial charge < -0.3 is 18.3 Å². The van der Waals surface area contributed by atoms with Crippen LogP contribution < -0.4 is 0 Å². The highest BCUT2D eigenvalue weighted by Gasteiger charge is 2.45. The van der Waals surface area contributed by atoms with Gasteiger partial charge in [0.1, 0.15) is 6.61 Å². The molecule has 29 heavy (non-hydrogen) atoms. The zero-order valence-electron chi connectivity index (χ0n) is 18.6. The molecule has 3 aliphatic heterocycles. The monoisotopic (exact) mass is 430 g/mol. The summed E-state index contributed by atoms with van der Waals surface area (Å²) in [6.45, 7) is 4.34. The first-order valence-electron chi connectivity index (χ1n) is 12.1. The van der Waals surface area contributed by atoms with Crippen molar-refractivity contribution in [2.45, 2.75) is 110 Å². The van der Waals surface area contributed by atoms with E-state index in [1.807, 2.05) is 0 Å². The van der Waals surface area contributed by atoms with Crippen molar-refractivity contribution in [1.82, 2.24) is 0 Å². The first-order chi connectivity index (χ1) is 14.2. The SMILES string of the molecule is CCCCCCCCCCCCCCCCCC(=O)OCC12COP(OC1)OC2. The molecule has 0 saturated carbocycles. The first-order valence-corrected chi connectivity index (χ1v) is 13.2. The molecule has 0 aliphatic carbocycles. The number of rotatable bonds is 18. The summed E-state index contributed by atoms with van der Waals surface area (Å²) in [5, 5.41) is 0. The fourth-order valence-electron chi connectivity index (χ4n) is 3.88. The summed E-state index contributed by atoms with van der Waals surface area (Å²) in [7, 11) is -1.13. The molecule has 5 nitrogen and oxygen atoms in total. The summed E-state index contributed by atoms with van der Waals surface area (Å²) in [5.74, 6) is -0.104. The minimum absolute atomic E-state index is 0.104. The van der Waals surface area contributed by atoms with E-state index in [-0.39, 0.29) is 11.4 Å². The van der Waals surface area contributed by atoms with E-state index in [1.165, 1.54) is 83.5 Å². The van der Waals surface area contributed by atoms with Crippen LogP contribution in [0.4, 0.5) is 0 Å². The predicted molar refractivity (Wildman–Crippen MR) is 118 cm³/mol. The fourth-order valence-corrected chi connectivity index (χ4v) is 5.24. The second kappa shape index (κ2) is 15.6. The van der Waals surface area contributed by atoms with Crippen molar-refractivity contribution in [1.29, 1.82) is 0 Å². The first kappa shape index (κ1) is 25.0. The molecule has 0 amide bonds. The second-order valence-electron chi connectivity index (χ2n) is 8.90. The van der Waals surface area contributed by atoms with Crippen LogP contribution >= 0.6 is 8.60 Å². The average Bonchev–Trinajstić information content (AvgIpc) is 2.76. The Morgan fingerprint density at radius 3 is 1.59 bits per heavy atom. The summed E-state index contributed by atoms with van der Waals surface area (Å²) < 4.78 is 21.7. The molecule has 0 N–H and O–H groups in total. The van der Waals surface area contributed by atoms with E-state index < -0.39 is 8.60 Å². The Balaban J connectivity index is 1.30. The lowest BCUT2D eigenvalue weighted by atomic mass is 9.92. The van der Waals surface area contributed by atoms with E-state index >= 15 is 0 Å². The molecule has 3 rings (SSSR count). The lowest BCUT2D eigenvalue weighted by Gasteiger charge is -2.43. The molecule has 0 radical (unpaired) electrons. The van der Waals surface area contributed by atoms with Gasteiger partial charge in [-0.3, -0.25) is 4.79 Å². The van der Waals surface area contributed by atoms with Gasteiger partial charge in [-0.05, 0) is 6.42 Å². The Morgan fingerprint density at radius 2 is 1.14 bits per heavy atom. The Labute approximate surface area is 179 Å². The molecule has 6 heteroatoms. The van der Waals surface area contributed by atoms with Gasteiger partial charge >= 0.3 is 14.6 Å². The lowest BCUT2D eigenvalue weighted by Crippen LogP contribution is -2.47. The molecule has 2 bridgehead atoms. The third-order valence-electron chi connectivity index (χ3n) is 5.95. The van der Waals surface area contributed by atoms with Gasteiger partial charge in [-0.1, -0.05) is 96.8 Å². The van der Waals surface area contributed by atoms with Crippen molar-refractivity contribution in [3.63, 3.8) is 0 Å². The topological polar surface area (TPSA) is 54.0 Å². The number of esters is 1. The van der Waals surface area contributed by atoms with Crippen LogP contribution in [0.5, 0.6) is 0 Å². The van der Waals surface area contributed by atoms with E-state index in [0.29, 0.717) is 32.8 Å². The molecule has 170 valence electrons. The molecule has 0 unspecified atom stereocenters. The summed E-state index contributed by atoms with van der Waals surface area (Å²) >= 11 is 0. The molecule has 0 aromatic carbocycles. The third-order valence-corrected chi connectivity index (χ3v) is 6.97. The Bertz CT molecular complexity index is 410. The molecule has 0 aromatic heterocycles. The summed E-state index contributed by atoms with van der Waals surface area (Å²) in [5.41, 5.74) is -0.290. The standard InChI is InChI=1S/C23H43O5P/c1-2-3-4-5-6-7-8-9-10-11-12-13-14-15-16-17-22(24)25-18-23-19-26-29(27-20-23)28-21-23/h2-21H2,1H3. The van der Waals surface area contributed by atoms with Crippen molar-refractivity contribution in [3.8, 4) is 0 Å². The van der Waals surface area contributed by atoms with Gasteiger partial charge in [0, 0.05) is 6.42 Å². The fraction of sp³-hybridized carbons (Fsp3) is 0.957. The molecule has 3 saturated heterocycles. The van der Waals surface area contributed by atoms with Crippen LogP contribution in [-0.4, -0.2) is 32.4 Å². The zero-order valence-corrected chi connectivity index (χ0v) is 19.5. The molecular weight excluding hydrogens is 387 g/mol. The zero-order chi connectivity index (χ0) is 20.6.